The van der Waals surface area contributed by atoms with Crippen LogP contribution in [0, 0.1) is 11.3 Å². The summed E-state index contributed by atoms with van der Waals surface area (Å²) in [5.41, 5.74) is 0. The van der Waals surface area contributed by atoms with Gasteiger partial charge in [0, 0.05) is 0 Å². The van der Waals surface area contributed by atoms with Gasteiger partial charge in [0.25, 0.3) is 0 Å². The second kappa shape index (κ2) is 2.84. The number of alkyl halides is 2. The first-order valence-electron chi connectivity index (χ1n) is 2.89. The van der Waals surface area contributed by atoms with E-state index < -0.39 is 11.0 Å². The van der Waals surface area contributed by atoms with E-state index >= 15 is 0 Å². The molecule has 0 amide bonds. The van der Waals surface area contributed by atoms with Crippen molar-refractivity contribution in [3.05, 3.63) is 23.3 Å². The predicted octanol–water partition coefficient (Wildman–Crippen LogP) is 2.52. The molecule has 0 aromatic rings. The monoisotopic (exact) mass is 191 g/mol. The van der Waals surface area contributed by atoms with Gasteiger partial charge >= 0.3 is 0 Å². The van der Waals surface area contributed by atoms with Gasteiger partial charge in [-0.25, -0.2) is 4.39 Å². The lowest BCUT2D eigenvalue weighted by Gasteiger charge is -2.21. The van der Waals surface area contributed by atoms with Crippen LogP contribution in [0.1, 0.15) is 0 Å². The summed E-state index contributed by atoms with van der Waals surface area (Å²) in [5, 5.41) is 8.44. The Hall–Kier alpha value is -0.520. The fraction of sp³-hybridized carbons (Fsp3) is 0.286. The highest BCUT2D eigenvalue weighted by Crippen LogP contribution is 2.33. The van der Waals surface area contributed by atoms with Crippen molar-refractivity contribution in [1.82, 2.24) is 0 Å². The minimum Gasteiger partial charge on any atom is -0.238 e. The summed E-state index contributed by atoms with van der Waals surface area (Å²) in [4.78, 5) is -1.62. The molecule has 0 aliphatic heterocycles. The second-order valence-electron chi connectivity index (χ2n) is 2.15. The summed E-state index contributed by atoms with van der Waals surface area (Å²) in [6.45, 7) is 0. The van der Waals surface area contributed by atoms with Crippen LogP contribution in [-0.2, 0) is 0 Å². The summed E-state index contributed by atoms with van der Waals surface area (Å²) >= 11 is 11.0. The standard InChI is InChI=1S/C7H4Cl2FN/c8-5-2-1-3-7(9,4-11)6(5)10/h1-3,6H. The summed E-state index contributed by atoms with van der Waals surface area (Å²) in [6, 6.07) is 1.64. The average molecular weight is 192 g/mol. The number of nitrogens with zero attached hydrogens (tertiary/aromatic N) is 1. The first-order valence-corrected chi connectivity index (χ1v) is 3.65. The van der Waals surface area contributed by atoms with E-state index in [2.05, 4.69) is 0 Å². The maximum absolute atomic E-state index is 13.0. The summed E-state index contributed by atoms with van der Waals surface area (Å²) in [7, 11) is 0. The van der Waals surface area contributed by atoms with Crippen LogP contribution in [-0.4, -0.2) is 11.0 Å². The van der Waals surface area contributed by atoms with Crippen molar-refractivity contribution < 1.29 is 4.39 Å². The molecule has 0 bridgehead atoms. The van der Waals surface area contributed by atoms with Crippen LogP contribution in [0.15, 0.2) is 23.3 Å². The third-order valence-corrected chi connectivity index (χ3v) is 2.10. The lowest BCUT2D eigenvalue weighted by atomic mass is 9.99. The van der Waals surface area contributed by atoms with E-state index in [1.165, 1.54) is 18.2 Å². The highest BCUT2D eigenvalue weighted by atomic mass is 35.5. The zero-order valence-corrected chi connectivity index (χ0v) is 6.90. The smallest absolute Gasteiger partial charge is 0.185 e. The Kier molecular flexibility index (Phi) is 2.22. The van der Waals surface area contributed by atoms with Gasteiger partial charge in [0.05, 0.1) is 11.1 Å². The van der Waals surface area contributed by atoms with E-state index in [-0.39, 0.29) is 5.03 Å². The molecule has 0 aromatic heterocycles. The van der Waals surface area contributed by atoms with Gasteiger partial charge in [0.1, 0.15) is 0 Å². The van der Waals surface area contributed by atoms with Gasteiger partial charge in [-0.1, -0.05) is 29.3 Å². The van der Waals surface area contributed by atoms with Crippen molar-refractivity contribution in [1.29, 1.82) is 5.26 Å². The molecule has 1 rings (SSSR count). The maximum atomic E-state index is 13.0. The fourth-order valence-corrected chi connectivity index (χ4v) is 1.23. The highest BCUT2D eigenvalue weighted by Gasteiger charge is 2.38. The molecule has 2 unspecified atom stereocenters. The Labute approximate surface area is 73.7 Å². The third-order valence-electron chi connectivity index (χ3n) is 1.38. The van der Waals surface area contributed by atoms with Crippen LogP contribution in [0.25, 0.3) is 0 Å². The molecule has 2 atom stereocenters. The van der Waals surface area contributed by atoms with E-state index in [0.29, 0.717) is 0 Å². The number of hydrogen-bond donors (Lipinski definition) is 0. The highest BCUT2D eigenvalue weighted by molar-refractivity contribution is 6.34. The first-order chi connectivity index (χ1) is 5.10. The van der Waals surface area contributed by atoms with Crippen LogP contribution in [0.3, 0.4) is 0 Å². The molecule has 0 aromatic carbocycles. The fourth-order valence-electron chi connectivity index (χ4n) is 0.744. The van der Waals surface area contributed by atoms with Crippen molar-refractivity contribution in [2.75, 3.05) is 0 Å². The van der Waals surface area contributed by atoms with E-state index in [0.717, 1.165) is 0 Å². The SMILES string of the molecule is N#CC1(Cl)C=CC=C(Cl)C1F. The van der Waals surface area contributed by atoms with E-state index in [9.17, 15) is 4.39 Å². The quantitative estimate of drug-likeness (QED) is 0.541. The van der Waals surface area contributed by atoms with E-state index in [1.807, 2.05) is 0 Å². The summed E-state index contributed by atoms with van der Waals surface area (Å²) in [5.74, 6) is 0. The van der Waals surface area contributed by atoms with Gasteiger partial charge < -0.3 is 0 Å². The van der Waals surface area contributed by atoms with Crippen LogP contribution < -0.4 is 0 Å². The Morgan fingerprint density at radius 2 is 2.36 bits per heavy atom. The molecule has 0 saturated heterocycles. The maximum Gasteiger partial charge on any atom is 0.185 e. The summed E-state index contributed by atoms with van der Waals surface area (Å²) in [6.07, 6.45) is 2.50. The van der Waals surface area contributed by atoms with E-state index in [1.54, 1.807) is 6.07 Å². The molecule has 0 heterocycles. The Balaban J connectivity index is 3.00. The molecule has 0 spiro atoms. The molecule has 0 saturated carbocycles. The molecule has 0 radical (unpaired) electrons. The van der Waals surface area contributed by atoms with Gasteiger partial charge in [-0.2, -0.15) is 5.26 Å². The molecule has 1 nitrogen and oxygen atoms in total. The largest absolute Gasteiger partial charge is 0.238 e. The molecule has 11 heavy (non-hydrogen) atoms. The minimum atomic E-state index is -1.62. The van der Waals surface area contributed by atoms with Crippen molar-refractivity contribution in [3.8, 4) is 6.07 Å². The van der Waals surface area contributed by atoms with Gasteiger partial charge in [-0.05, 0) is 12.2 Å². The first kappa shape index (κ1) is 8.58. The molecular formula is C7H4Cl2FN. The van der Waals surface area contributed by atoms with Crippen LogP contribution in [0.4, 0.5) is 4.39 Å². The zero-order chi connectivity index (χ0) is 8.48. The molecule has 58 valence electrons. The van der Waals surface area contributed by atoms with Gasteiger partial charge in [-0.3, -0.25) is 0 Å². The molecular weight excluding hydrogens is 188 g/mol. The normalized spacial score (nSPS) is 36.2. The van der Waals surface area contributed by atoms with Crippen molar-refractivity contribution in [3.63, 3.8) is 0 Å². The number of rotatable bonds is 0. The zero-order valence-electron chi connectivity index (χ0n) is 5.39. The van der Waals surface area contributed by atoms with Gasteiger partial charge in [0.2, 0.25) is 0 Å². The topological polar surface area (TPSA) is 23.8 Å². The van der Waals surface area contributed by atoms with Crippen molar-refractivity contribution >= 4 is 23.2 Å². The Morgan fingerprint density at radius 1 is 1.73 bits per heavy atom. The van der Waals surface area contributed by atoms with Gasteiger partial charge in [-0.15, -0.1) is 0 Å². The molecule has 0 N–H and O–H groups in total. The number of nitriles is 1. The molecule has 1 aliphatic rings. The van der Waals surface area contributed by atoms with Gasteiger partial charge in [0.15, 0.2) is 11.0 Å². The number of halogens is 3. The molecule has 1 aliphatic carbocycles. The average Bonchev–Trinajstić information content (AvgIpc) is 2.00. The lowest BCUT2D eigenvalue weighted by Crippen LogP contribution is -2.31. The molecule has 0 fully saturated rings. The van der Waals surface area contributed by atoms with Crippen LogP contribution >= 0.6 is 23.2 Å². The van der Waals surface area contributed by atoms with Crippen LogP contribution in [0.5, 0.6) is 0 Å². The minimum absolute atomic E-state index is 0.0379. The molecule has 4 heteroatoms. The summed E-state index contributed by atoms with van der Waals surface area (Å²) < 4.78 is 13.0. The van der Waals surface area contributed by atoms with Crippen LogP contribution in [0.2, 0.25) is 0 Å². The third kappa shape index (κ3) is 1.40. The number of hydrogen-bond acceptors (Lipinski definition) is 1. The lowest BCUT2D eigenvalue weighted by molar-refractivity contribution is 0.367. The Morgan fingerprint density at radius 3 is 2.82 bits per heavy atom. The van der Waals surface area contributed by atoms with Crippen molar-refractivity contribution in [2.24, 2.45) is 0 Å². The van der Waals surface area contributed by atoms with E-state index in [4.69, 9.17) is 28.5 Å². The number of allylic oxidation sites excluding steroid dienone is 4. The Bertz CT molecular complexity index is 266. The van der Waals surface area contributed by atoms with Crippen molar-refractivity contribution in [2.45, 2.75) is 11.0 Å². The predicted molar refractivity (Wildman–Crippen MR) is 42.2 cm³/mol. The second-order valence-corrected chi connectivity index (χ2v) is 3.21.